The van der Waals surface area contributed by atoms with E-state index in [0.717, 1.165) is 31.2 Å². The predicted octanol–water partition coefficient (Wildman–Crippen LogP) is 3.54. The zero-order valence-corrected chi connectivity index (χ0v) is 21.4. The number of carbonyl (C=O) groups is 2. The zero-order valence-electron chi connectivity index (χ0n) is 21.4. The third-order valence-corrected chi connectivity index (χ3v) is 8.98. The highest BCUT2D eigenvalue weighted by molar-refractivity contribution is 6.00. The van der Waals surface area contributed by atoms with Crippen molar-refractivity contribution in [2.45, 2.75) is 69.7 Å². The Bertz CT molecular complexity index is 1220. The molecule has 5 rings (SSSR count). The van der Waals surface area contributed by atoms with Gasteiger partial charge in [0.2, 0.25) is 5.91 Å². The van der Waals surface area contributed by atoms with E-state index in [2.05, 4.69) is 5.32 Å². The molecule has 1 aromatic heterocycles. The topological polar surface area (TPSA) is 91.6 Å². The van der Waals surface area contributed by atoms with E-state index in [1.54, 1.807) is 13.2 Å². The van der Waals surface area contributed by atoms with Gasteiger partial charge >= 0.3 is 0 Å². The Morgan fingerprint density at radius 3 is 2.51 bits per heavy atom. The molecule has 3 unspecified atom stereocenters. The minimum atomic E-state index is -1.20. The van der Waals surface area contributed by atoms with Crippen LogP contribution in [-0.2, 0) is 11.3 Å². The monoisotopic (exact) mass is 509 g/mol. The van der Waals surface area contributed by atoms with Crippen LogP contribution >= 0.6 is 0 Å². The fourth-order valence-electron chi connectivity index (χ4n) is 6.85. The highest BCUT2D eigenvalue weighted by Gasteiger charge is 2.56. The lowest BCUT2D eigenvalue weighted by Crippen LogP contribution is -2.62. The summed E-state index contributed by atoms with van der Waals surface area (Å²) in [4.78, 5) is 41.1. The smallest absolute Gasteiger partial charge is 0.253 e. The maximum atomic E-state index is 13.8. The molecular weight excluding hydrogens is 473 g/mol. The lowest BCUT2D eigenvalue weighted by Gasteiger charge is -2.52. The number of hydrogen-bond acceptors (Lipinski definition) is 4. The van der Waals surface area contributed by atoms with Crippen molar-refractivity contribution in [1.29, 1.82) is 0 Å². The van der Waals surface area contributed by atoms with Crippen molar-refractivity contribution < 1.29 is 19.1 Å². The highest BCUT2D eigenvalue weighted by atomic mass is 19.1. The molecule has 1 saturated heterocycles. The summed E-state index contributed by atoms with van der Waals surface area (Å²) in [5, 5.41) is 14.8. The van der Waals surface area contributed by atoms with E-state index in [1.807, 2.05) is 35.2 Å². The number of halogens is 1. The van der Waals surface area contributed by atoms with Gasteiger partial charge in [-0.1, -0.05) is 43.2 Å². The molecule has 3 fully saturated rings. The molecule has 2 N–H and O–H groups in total. The molecular formula is C29H36FN3O4. The molecule has 0 radical (unpaired) electrons. The van der Waals surface area contributed by atoms with E-state index in [9.17, 15) is 23.9 Å². The van der Waals surface area contributed by atoms with Crippen LogP contribution in [0.5, 0.6) is 0 Å². The lowest BCUT2D eigenvalue weighted by atomic mass is 9.65. The van der Waals surface area contributed by atoms with Gasteiger partial charge in [0.1, 0.15) is 6.17 Å². The number of benzene rings is 1. The molecule has 2 amide bonds. The highest BCUT2D eigenvalue weighted by Crippen LogP contribution is 2.52. The summed E-state index contributed by atoms with van der Waals surface area (Å²) in [6.07, 6.45) is 5.74. The minimum Gasteiger partial charge on any atom is -0.387 e. The Morgan fingerprint density at radius 2 is 1.86 bits per heavy atom. The molecule has 3 aliphatic rings. The molecule has 0 bridgehead atoms. The summed E-state index contributed by atoms with van der Waals surface area (Å²) in [5.41, 5.74) is -0.327. The normalized spacial score (nSPS) is 26.9. The van der Waals surface area contributed by atoms with Gasteiger partial charge in [0.15, 0.2) is 0 Å². The third-order valence-electron chi connectivity index (χ3n) is 8.98. The van der Waals surface area contributed by atoms with Crippen LogP contribution < -0.4 is 10.9 Å². The first-order valence-electron chi connectivity index (χ1n) is 13.4. The number of nitrogens with one attached hydrogen (secondary N) is 1. The number of aliphatic hydroxyl groups is 1. The zero-order chi connectivity index (χ0) is 26.2. The maximum absolute atomic E-state index is 13.8. The first kappa shape index (κ1) is 25.6. The van der Waals surface area contributed by atoms with E-state index in [-0.39, 0.29) is 36.3 Å². The number of piperidine rings is 1. The van der Waals surface area contributed by atoms with Crippen molar-refractivity contribution >= 4 is 11.8 Å². The Kier molecular flexibility index (Phi) is 6.96. The van der Waals surface area contributed by atoms with Gasteiger partial charge in [-0.25, -0.2) is 4.39 Å². The first-order chi connectivity index (χ1) is 17.7. The Morgan fingerprint density at radius 1 is 1.14 bits per heavy atom. The number of amides is 2. The molecule has 2 heterocycles. The van der Waals surface area contributed by atoms with Crippen LogP contribution in [0.1, 0.15) is 61.7 Å². The van der Waals surface area contributed by atoms with Gasteiger partial charge in [0.25, 0.3) is 11.5 Å². The molecule has 1 aromatic carbocycles. The fraction of sp³-hybridized carbons (Fsp3) is 0.552. The second kappa shape index (κ2) is 10.0. The lowest BCUT2D eigenvalue weighted by molar-refractivity contribution is -0.163. The number of aromatic nitrogens is 1. The van der Waals surface area contributed by atoms with Crippen LogP contribution in [0.2, 0.25) is 0 Å². The van der Waals surface area contributed by atoms with E-state index in [1.165, 1.54) is 10.6 Å². The van der Waals surface area contributed by atoms with E-state index < -0.39 is 17.2 Å². The molecule has 2 aromatic rings. The van der Waals surface area contributed by atoms with Crippen molar-refractivity contribution in [3.8, 4) is 11.1 Å². The standard InChI is InChI=1S/C29H36FN3O4/c1-31-26(35)24-17-33(25(34)16-23(24)20-7-3-2-4-8-20)19-29(37)13-14-32(18-28(29)11-5-6-12-28)27(36)21-9-10-22(30)15-21/h2-4,7-8,16-17,21-22,37H,5-6,9-15,18-19H2,1H3,(H,31,35). The minimum absolute atomic E-state index is 0.000223. The summed E-state index contributed by atoms with van der Waals surface area (Å²) in [7, 11) is 1.55. The van der Waals surface area contributed by atoms with Crippen LogP contribution in [0.3, 0.4) is 0 Å². The van der Waals surface area contributed by atoms with Gasteiger partial charge in [0.05, 0.1) is 17.7 Å². The summed E-state index contributed by atoms with van der Waals surface area (Å²) in [6.45, 7) is 0.863. The second-order valence-corrected chi connectivity index (χ2v) is 11.1. The number of nitrogens with zero attached hydrogens (tertiary/aromatic N) is 2. The molecule has 1 spiro atoms. The van der Waals surface area contributed by atoms with Crippen molar-refractivity contribution in [1.82, 2.24) is 14.8 Å². The third kappa shape index (κ3) is 4.72. The van der Waals surface area contributed by atoms with Gasteiger partial charge in [-0.3, -0.25) is 14.4 Å². The molecule has 2 aliphatic carbocycles. The maximum Gasteiger partial charge on any atom is 0.253 e. The molecule has 198 valence electrons. The quantitative estimate of drug-likeness (QED) is 0.645. The van der Waals surface area contributed by atoms with E-state index >= 15 is 0 Å². The number of pyridine rings is 1. The van der Waals surface area contributed by atoms with Crippen LogP contribution in [0, 0.1) is 11.3 Å². The number of alkyl halides is 1. The van der Waals surface area contributed by atoms with E-state index in [4.69, 9.17) is 0 Å². The van der Waals surface area contributed by atoms with Crippen molar-refractivity contribution in [2.75, 3.05) is 20.1 Å². The number of rotatable bonds is 5. The number of hydrogen-bond donors (Lipinski definition) is 2. The number of carbonyl (C=O) groups excluding carboxylic acids is 2. The van der Waals surface area contributed by atoms with Gasteiger partial charge in [0, 0.05) is 49.3 Å². The molecule has 8 heteroatoms. The predicted molar refractivity (Wildman–Crippen MR) is 139 cm³/mol. The molecule has 3 atom stereocenters. The van der Waals surface area contributed by atoms with Crippen LogP contribution in [0.15, 0.2) is 47.4 Å². The van der Waals surface area contributed by atoms with Gasteiger partial charge in [-0.15, -0.1) is 0 Å². The van der Waals surface area contributed by atoms with Crippen LogP contribution in [0.25, 0.3) is 11.1 Å². The van der Waals surface area contributed by atoms with Gasteiger partial charge in [-0.2, -0.15) is 0 Å². The van der Waals surface area contributed by atoms with E-state index in [0.29, 0.717) is 43.5 Å². The summed E-state index contributed by atoms with van der Waals surface area (Å²) >= 11 is 0. The van der Waals surface area contributed by atoms with Crippen LogP contribution in [-0.4, -0.2) is 58.3 Å². The summed E-state index contributed by atoms with van der Waals surface area (Å²) in [5.74, 6) is -0.582. The van der Waals surface area contributed by atoms with Crippen molar-refractivity contribution in [2.24, 2.45) is 11.3 Å². The number of likely N-dealkylation sites (tertiary alicyclic amines) is 1. The molecule has 7 nitrogen and oxygen atoms in total. The van der Waals surface area contributed by atoms with Gasteiger partial charge in [-0.05, 0) is 44.1 Å². The summed E-state index contributed by atoms with van der Waals surface area (Å²) < 4.78 is 15.2. The summed E-state index contributed by atoms with van der Waals surface area (Å²) in [6, 6.07) is 10.8. The average molecular weight is 510 g/mol. The largest absolute Gasteiger partial charge is 0.387 e. The SMILES string of the molecule is CNC(=O)c1cn(CC2(O)CCN(C(=O)C3CCC(F)C3)CC23CCCC3)c(=O)cc1-c1ccccc1. The Labute approximate surface area is 216 Å². The van der Waals surface area contributed by atoms with Crippen LogP contribution in [0.4, 0.5) is 4.39 Å². The van der Waals surface area contributed by atoms with Gasteiger partial charge < -0.3 is 19.9 Å². The average Bonchev–Trinajstić information content (AvgIpc) is 3.56. The first-order valence-corrected chi connectivity index (χ1v) is 13.4. The van der Waals surface area contributed by atoms with Crippen molar-refractivity contribution in [3.63, 3.8) is 0 Å². The molecule has 37 heavy (non-hydrogen) atoms. The second-order valence-electron chi connectivity index (χ2n) is 11.1. The molecule has 2 saturated carbocycles. The Hall–Kier alpha value is -3.00. The molecule has 1 aliphatic heterocycles. The van der Waals surface area contributed by atoms with Crippen molar-refractivity contribution in [3.05, 3.63) is 58.5 Å². The Balaban J connectivity index is 1.45. The fourth-order valence-corrected chi connectivity index (χ4v) is 6.85.